The van der Waals surface area contributed by atoms with Gasteiger partial charge in [-0.05, 0) is 48.4 Å². The third-order valence-electron chi connectivity index (χ3n) is 6.11. The van der Waals surface area contributed by atoms with Gasteiger partial charge in [-0.2, -0.15) is 0 Å². The van der Waals surface area contributed by atoms with Crippen LogP contribution < -0.4 is 0 Å². The quantitative estimate of drug-likeness (QED) is 0.464. The van der Waals surface area contributed by atoms with Gasteiger partial charge in [-0.15, -0.1) is 0 Å². The van der Waals surface area contributed by atoms with Gasteiger partial charge in [0.25, 0.3) is 0 Å². The molecule has 142 valence electrons. The van der Waals surface area contributed by atoms with Crippen molar-refractivity contribution in [2.24, 2.45) is 0 Å². The van der Waals surface area contributed by atoms with Crippen molar-refractivity contribution in [2.45, 2.75) is 90.4 Å². The number of nitrogens with zero attached hydrogens (tertiary/aromatic N) is 1. The Morgan fingerprint density at radius 2 is 1.76 bits per heavy atom. The second-order valence-corrected chi connectivity index (χ2v) is 14.3. The van der Waals surface area contributed by atoms with E-state index in [9.17, 15) is 4.79 Å². The van der Waals surface area contributed by atoms with Crippen LogP contribution in [0.5, 0.6) is 0 Å². The molecule has 0 saturated carbocycles. The van der Waals surface area contributed by atoms with Gasteiger partial charge in [0, 0.05) is 12.6 Å². The van der Waals surface area contributed by atoms with Crippen molar-refractivity contribution in [2.75, 3.05) is 13.2 Å². The average Bonchev–Trinajstić information content (AvgIpc) is 2.92. The Hall–Kier alpha value is -0.873. The van der Waals surface area contributed by atoms with Crippen LogP contribution >= 0.6 is 0 Å². The number of allylic oxidation sites excluding steroid dienone is 1. The van der Waals surface area contributed by atoms with E-state index < -0.39 is 8.32 Å². The van der Waals surface area contributed by atoms with Crippen molar-refractivity contribution < 1.29 is 9.22 Å². The summed E-state index contributed by atoms with van der Waals surface area (Å²) < 4.78 is 6.73. The van der Waals surface area contributed by atoms with E-state index in [-0.39, 0.29) is 5.91 Å². The first kappa shape index (κ1) is 20.4. The molecular weight excluding hydrogens is 326 g/mol. The Kier molecular flexibility index (Phi) is 6.72. The molecule has 2 rings (SSSR count). The van der Waals surface area contributed by atoms with Crippen molar-refractivity contribution in [1.82, 2.24) is 4.90 Å². The summed E-state index contributed by atoms with van der Waals surface area (Å²) in [6.45, 7) is 17.5. The van der Waals surface area contributed by atoms with Crippen molar-refractivity contribution in [3.05, 3.63) is 23.3 Å². The standard InChI is InChI=1S/C21H37NO2Si/c1-15(2)25(16(3)4,17(5)6)24-14-19-11-18(7)12-20-9-8-10-22(20)21(23)13-19/h12-13,15-17,20H,8-11,14H2,1-7H3/b18-12-,19-13+/t20-/m0/s1. The molecule has 2 aliphatic heterocycles. The molecule has 0 radical (unpaired) electrons. The van der Waals surface area contributed by atoms with E-state index in [0.717, 1.165) is 31.4 Å². The van der Waals surface area contributed by atoms with Crippen LogP contribution in [-0.4, -0.2) is 38.3 Å². The van der Waals surface area contributed by atoms with Crippen LogP contribution in [0.1, 0.15) is 67.7 Å². The number of rotatable bonds is 6. The molecule has 0 spiro atoms. The average molecular weight is 364 g/mol. The summed E-state index contributed by atoms with van der Waals surface area (Å²) in [6, 6.07) is 0.307. The lowest BCUT2D eigenvalue weighted by Gasteiger charge is -2.42. The highest BCUT2D eigenvalue weighted by atomic mass is 28.4. The van der Waals surface area contributed by atoms with Gasteiger partial charge in [-0.1, -0.05) is 53.2 Å². The highest BCUT2D eigenvalue weighted by molar-refractivity contribution is 6.77. The summed E-state index contributed by atoms with van der Waals surface area (Å²) in [5, 5.41) is 0. The summed E-state index contributed by atoms with van der Waals surface area (Å²) in [4.78, 5) is 14.7. The lowest BCUT2D eigenvalue weighted by Crippen LogP contribution is -2.48. The van der Waals surface area contributed by atoms with Crippen LogP contribution in [0.2, 0.25) is 16.6 Å². The monoisotopic (exact) mass is 363 g/mol. The van der Waals surface area contributed by atoms with Crippen LogP contribution in [0.25, 0.3) is 0 Å². The number of carbonyl (C=O) groups is 1. The molecule has 2 heterocycles. The molecule has 0 unspecified atom stereocenters. The number of hydrogen-bond acceptors (Lipinski definition) is 2. The second kappa shape index (κ2) is 8.21. The minimum atomic E-state index is -1.90. The third-order valence-corrected chi connectivity index (χ3v) is 12.2. The molecule has 1 saturated heterocycles. The zero-order valence-corrected chi connectivity index (χ0v) is 18.3. The van der Waals surface area contributed by atoms with Crippen molar-refractivity contribution in [1.29, 1.82) is 0 Å². The van der Waals surface area contributed by atoms with E-state index >= 15 is 0 Å². The Bertz CT molecular complexity index is 526. The fraction of sp³-hybridized carbons (Fsp3) is 0.762. The summed E-state index contributed by atoms with van der Waals surface area (Å²) in [5.74, 6) is 0.177. The minimum absolute atomic E-state index is 0.177. The van der Waals surface area contributed by atoms with E-state index in [2.05, 4.69) is 54.5 Å². The molecule has 0 aromatic rings. The third kappa shape index (κ3) is 4.28. The summed E-state index contributed by atoms with van der Waals surface area (Å²) >= 11 is 0. The fourth-order valence-electron chi connectivity index (χ4n) is 5.10. The Balaban J connectivity index is 2.20. The Morgan fingerprint density at radius 1 is 1.16 bits per heavy atom. The van der Waals surface area contributed by atoms with Gasteiger partial charge in [0.1, 0.15) is 0 Å². The molecule has 1 amide bonds. The highest BCUT2D eigenvalue weighted by Crippen LogP contribution is 2.42. The van der Waals surface area contributed by atoms with Crippen molar-refractivity contribution in [3.63, 3.8) is 0 Å². The minimum Gasteiger partial charge on any atom is -0.412 e. The number of carbonyl (C=O) groups excluding carboxylic acids is 1. The first-order valence-electron chi connectivity index (χ1n) is 9.99. The van der Waals surface area contributed by atoms with E-state index in [4.69, 9.17) is 4.43 Å². The Morgan fingerprint density at radius 3 is 2.32 bits per heavy atom. The van der Waals surface area contributed by atoms with Crippen LogP contribution in [0.3, 0.4) is 0 Å². The molecule has 0 aromatic carbocycles. The molecule has 0 aromatic heterocycles. The smallest absolute Gasteiger partial charge is 0.247 e. The molecule has 25 heavy (non-hydrogen) atoms. The van der Waals surface area contributed by atoms with Gasteiger partial charge in [-0.25, -0.2) is 0 Å². The lowest BCUT2D eigenvalue weighted by atomic mass is 10.0. The van der Waals surface area contributed by atoms with Gasteiger partial charge < -0.3 is 9.33 Å². The molecule has 3 nitrogen and oxygen atoms in total. The van der Waals surface area contributed by atoms with Gasteiger partial charge >= 0.3 is 0 Å². The maximum atomic E-state index is 12.7. The second-order valence-electron chi connectivity index (χ2n) is 8.84. The topological polar surface area (TPSA) is 29.5 Å². The predicted octanol–water partition coefficient (Wildman–Crippen LogP) is 5.45. The number of hydrogen-bond donors (Lipinski definition) is 0. The largest absolute Gasteiger partial charge is 0.412 e. The van der Waals surface area contributed by atoms with E-state index in [1.54, 1.807) is 0 Å². The molecule has 0 bridgehead atoms. The lowest BCUT2D eigenvalue weighted by molar-refractivity contribution is -0.126. The van der Waals surface area contributed by atoms with Crippen LogP contribution in [0.15, 0.2) is 23.3 Å². The summed E-state index contributed by atoms with van der Waals surface area (Å²) in [7, 11) is -1.90. The molecule has 1 fully saturated rings. The number of fused-ring (bicyclic) bond motifs is 1. The predicted molar refractivity (Wildman–Crippen MR) is 108 cm³/mol. The SMILES string of the molecule is C/C1=C/[C@@H]2CCCN2C(=O)/C=C(/CO[Si](C(C)C)(C(C)C)C(C)C)C1. The normalized spacial score (nSPS) is 26.4. The molecule has 0 aliphatic carbocycles. The van der Waals surface area contributed by atoms with Gasteiger partial charge in [0.15, 0.2) is 0 Å². The maximum Gasteiger partial charge on any atom is 0.247 e. The summed E-state index contributed by atoms with van der Waals surface area (Å²) in [5.41, 5.74) is 4.21. The molecule has 2 aliphatic rings. The first-order valence-corrected chi connectivity index (χ1v) is 12.1. The molecule has 4 heteroatoms. The zero-order valence-electron chi connectivity index (χ0n) is 17.3. The van der Waals surface area contributed by atoms with E-state index in [0.29, 0.717) is 29.3 Å². The first-order chi connectivity index (χ1) is 11.7. The number of amides is 1. The van der Waals surface area contributed by atoms with Crippen LogP contribution in [-0.2, 0) is 9.22 Å². The van der Waals surface area contributed by atoms with Crippen molar-refractivity contribution in [3.8, 4) is 0 Å². The maximum absolute atomic E-state index is 12.7. The van der Waals surface area contributed by atoms with Gasteiger partial charge in [-0.3, -0.25) is 4.79 Å². The molecular formula is C21H37NO2Si. The van der Waals surface area contributed by atoms with Crippen LogP contribution in [0, 0.1) is 0 Å². The van der Waals surface area contributed by atoms with E-state index in [1.165, 1.54) is 5.57 Å². The van der Waals surface area contributed by atoms with Crippen molar-refractivity contribution >= 4 is 14.2 Å². The van der Waals surface area contributed by atoms with Crippen LogP contribution in [0.4, 0.5) is 0 Å². The van der Waals surface area contributed by atoms with Gasteiger partial charge in [0.2, 0.25) is 14.2 Å². The fourth-order valence-corrected chi connectivity index (χ4v) is 10.5. The Labute approximate surface area is 155 Å². The van der Waals surface area contributed by atoms with E-state index in [1.807, 2.05) is 11.0 Å². The molecule has 1 atom stereocenters. The summed E-state index contributed by atoms with van der Waals surface area (Å²) in [6.07, 6.45) is 7.26. The highest BCUT2D eigenvalue weighted by Gasteiger charge is 2.45. The zero-order chi connectivity index (χ0) is 18.8. The van der Waals surface area contributed by atoms with Gasteiger partial charge in [0.05, 0.1) is 12.6 Å². The molecule has 0 N–H and O–H groups in total.